The number of nitrogens with zero attached hydrogens (tertiary/aromatic N) is 2. The van der Waals surface area contributed by atoms with Gasteiger partial charge in [-0.3, -0.25) is 9.88 Å². The zero-order chi connectivity index (χ0) is 11.7. The van der Waals surface area contributed by atoms with Gasteiger partial charge in [0.25, 0.3) is 0 Å². The molecule has 3 nitrogen and oxygen atoms in total. The Kier molecular flexibility index (Phi) is 3.12. The molecule has 2 aliphatic rings. The van der Waals surface area contributed by atoms with Gasteiger partial charge in [-0.05, 0) is 44.4 Å². The lowest BCUT2D eigenvalue weighted by Crippen LogP contribution is -2.38. The third-order valence-corrected chi connectivity index (χ3v) is 4.15. The quantitative estimate of drug-likeness (QED) is 0.858. The van der Waals surface area contributed by atoms with E-state index in [9.17, 15) is 0 Å². The predicted molar refractivity (Wildman–Crippen MR) is 68.8 cm³/mol. The van der Waals surface area contributed by atoms with Crippen molar-refractivity contribution in [3.05, 3.63) is 29.6 Å². The van der Waals surface area contributed by atoms with E-state index in [1.54, 1.807) is 0 Å². The molecule has 3 rings (SSSR count). The third kappa shape index (κ3) is 2.35. The van der Waals surface area contributed by atoms with Crippen molar-refractivity contribution in [1.82, 2.24) is 15.2 Å². The molecule has 0 spiro atoms. The van der Waals surface area contributed by atoms with E-state index in [1.165, 1.54) is 37.9 Å². The molecular weight excluding hydrogens is 210 g/mol. The van der Waals surface area contributed by atoms with Crippen molar-refractivity contribution >= 4 is 0 Å². The van der Waals surface area contributed by atoms with E-state index in [2.05, 4.69) is 27.3 Å². The lowest BCUT2D eigenvalue weighted by Gasteiger charge is -2.21. The van der Waals surface area contributed by atoms with Crippen LogP contribution in [0.15, 0.2) is 18.3 Å². The van der Waals surface area contributed by atoms with Gasteiger partial charge in [-0.1, -0.05) is 6.07 Å². The van der Waals surface area contributed by atoms with Crippen LogP contribution in [0.5, 0.6) is 0 Å². The van der Waals surface area contributed by atoms with Crippen LogP contribution in [-0.2, 0) is 6.54 Å². The van der Waals surface area contributed by atoms with Gasteiger partial charge < -0.3 is 5.32 Å². The molecule has 2 fully saturated rings. The highest BCUT2D eigenvalue weighted by molar-refractivity contribution is 5.13. The Balaban J connectivity index is 1.56. The van der Waals surface area contributed by atoms with Crippen LogP contribution in [0.3, 0.4) is 0 Å². The maximum atomic E-state index is 4.34. The van der Waals surface area contributed by atoms with Gasteiger partial charge in [0.15, 0.2) is 0 Å². The molecule has 0 radical (unpaired) electrons. The fourth-order valence-electron chi connectivity index (χ4n) is 3.17. The lowest BCUT2D eigenvalue weighted by molar-refractivity contribution is 0.298. The summed E-state index contributed by atoms with van der Waals surface area (Å²) in [5, 5.41) is 3.71. The van der Waals surface area contributed by atoms with Crippen LogP contribution >= 0.6 is 0 Å². The van der Waals surface area contributed by atoms with Crippen molar-refractivity contribution < 1.29 is 0 Å². The molecule has 0 saturated carbocycles. The maximum Gasteiger partial charge on any atom is 0.0372 e. The monoisotopic (exact) mass is 231 g/mol. The number of rotatable bonds is 3. The predicted octanol–water partition coefficient (Wildman–Crippen LogP) is 1.72. The summed E-state index contributed by atoms with van der Waals surface area (Å²) in [4.78, 5) is 6.98. The Labute approximate surface area is 103 Å². The highest BCUT2D eigenvalue weighted by Gasteiger charge is 2.36. The molecule has 1 N–H and O–H groups in total. The van der Waals surface area contributed by atoms with Gasteiger partial charge in [0.1, 0.15) is 0 Å². The first kappa shape index (κ1) is 11.2. The van der Waals surface area contributed by atoms with E-state index in [0.29, 0.717) is 6.04 Å². The number of pyridine rings is 1. The van der Waals surface area contributed by atoms with Crippen LogP contribution in [0.25, 0.3) is 0 Å². The summed E-state index contributed by atoms with van der Waals surface area (Å²) in [6, 6.07) is 5.76. The standard InChI is InChI=1S/C14H21N3/c1-11-4-5-12(9-15-11)10-16-13-6-8-17-7-2-3-14(13)17/h4-5,9,13-14,16H,2-3,6-8,10H2,1H3. The van der Waals surface area contributed by atoms with Gasteiger partial charge in [-0.15, -0.1) is 0 Å². The molecule has 3 heteroatoms. The number of hydrogen-bond acceptors (Lipinski definition) is 3. The summed E-state index contributed by atoms with van der Waals surface area (Å²) in [6.45, 7) is 5.59. The Morgan fingerprint density at radius 1 is 1.35 bits per heavy atom. The topological polar surface area (TPSA) is 28.2 Å². The van der Waals surface area contributed by atoms with Gasteiger partial charge in [0, 0.05) is 37.1 Å². The summed E-state index contributed by atoms with van der Waals surface area (Å²) < 4.78 is 0. The zero-order valence-corrected chi connectivity index (χ0v) is 10.5. The number of aryl methyl sites for hydroxylation is 1. The first-order valence-electron chi connectivity index (χ1n) is 6.72. The second kappa shape index (κ2) is 4.75. The van der Waals surface area contributed by atoms with E-state index in [4.69, 9.17) is 0 Å². The Morgan fingerprint density at radius 2 is 2.29 bits per heavy atom. The second-order valence-electron chi connectivity index (χ2n) is 5.33. The van der Waals surface area contributed by atoms with Crippen LogP contribution in [0.4, 0.5) is 0 Å². The average molecular weight is 231 g/mol. The molecule has 2 aliphatic heterocycles. The van der Waals surface area contributed by atoms with Gasteiger partial charge in [0.2, 0.25) is 0 Å². The SMILES string of the molecule is Cc1ccc(CNC2CCN3CCCC23)cn1. The van der Waals surface area contributed by atoms with Crippen LogP contribution in [0.1, 0.15) is 30.5 Å². The molecule has 17 heavy (non-hydrogen) atoms. The van der Waals surface area contributed by atoms with E-state index < -0.39 is 0 Å². The minimum atomic E-state index is 0.693. The van der Waals surface area contributed by atoms with Crippen molar-refractivity contribution in [3.63, 3.8) is 0 Å². The largest absolute Gasteiger partial charge is 0.308 e. The fourth-order valence-corrected chi connectivity index (χ4v) is 3.17. The lowest BCUT2D eigenvalue weighted by atomic mass is 10.1. The molecule has 92 valence electrons. The minimum absolute atomic E-state index is 0.693. The van der Waals surface area contributed by atoms with Crippen molar-refractivity contribution in [1.29, 1.82) is 0 Å². The number of fused-ring (bicyclic) bond motifs is 1. The first-order chi connectivity index (χ1) is 8.33. The van der Waals surface area contributed by atoms with E-state index in [0.717, 1.165) is 18.3 Å². The van der Waals surface area contributed by atoms with Crippen molar-refractivity contribution in [2.75, 3.05) is 13.1 Å². The van der Waals surface area contributed by atoms with Gasteiger partial charge in [-0.2, -0.15) is 0 Å². The van der Waals surface area contributed by atoms with Crippen LogP contribution in [0, 0.1) is 6.92 Å². The Morgan fingerprint density at radius 3 is 3.12 bits per heavy atom. The summed E-state index contributed by atoms with van der Waals surface area (Å²) >= 11 is 0. The van der Waals surface area contributed by atoms with Crippen LogP contribution < -0.4 is 5.32 Å². The number of nitrogens with one attached hydrogen (secondary N) is 1. The molecule has 0 aliphatic carbocycles. The summed E-state index contributed by atoms with van der Waals surface area (Å²) in [5.41, 5.74) is 2.39. The molecule has 1 aromatic rings. The van der Waals surface area contributed by atoms with Crippen molar-refractivity contribution in [3.8, 4) is 0 Å². The summed E-state index contributed by atoms with van der Waals surface area (Å²) in [7, 11) is 0. The number of hydrogen-bond donors (Lipinski definition) is 1. The normalized spacial score (nSPS) is 28.5. The molecule has 0 bridgehead atoms. The molecular formula is C14H21N3. The molecule has 2 atom stereocenters. The minimum Gasteiger partial charge on any atom is -0.308 e. The number of aromatic nitrogens is 1. The second-order valence-corrected chi connectivity index (χ2v) is 5.33. The first-order valence-corrected chi connectivity index (χ1v) is 6.72. The molecule has 2 unspecified atom stereocenters. The van der Waals surface area contributed by atoms with E-state index >= 15 is 0 Å². The molecule has 1 aromatic heterocycles. The van der Waals surface area contributed by atoms with Gasteiger partial charge in [0.05, 0.1) is 0 Å². The third-order valence-electron chi connectivity index (χ3n) is 4.15. The summed E-state index contributed by atoms with van der Waals surface area (Å²) in [6.07, 6.45) is 6.06. The van der Waals surface area contributed by atoms with Gasteiger partial charge in [-0.25, -0.2) is 0 Å². The Hall–Kier alpha value is -0.930. The molecule has 0 aromatic carbocycles. The van der Waals surface area contributed by atoms with Crippen molar-refractivity contribution in [2.24, 2.45) is 0 Å². The average Bonchev–Trinajstić information content (AvgIpc) is 2.91. The fraction of sp³-hybridized carbons (Fsp3) is 0.643. The van der Waals surface area contributed by atoms with Crippen LogP contribution in [-0.4, -0.2) is 35.1 Å². The van der Waals surface area contributed by atoms with E-state index in [-0.39, 0.29) is 0 Å². The van der Waals surface area contributed by atoms with Crippen LogP contribution in [0.2, 0.25) is 0 Å². The smallest absolute Gasteiger partial charge is 0.0372 e. The highest BCUT2D eigenvalue weighted by atomic mass is 15.2. The van der Waals surface area contributed by atoms with E-state index in [1.807, 2.05) is 13.1 Å². The molecule has 0 amide bonds. The highest BCUT2D eigenvalue weighted by Crippen LogP contribution is 2.27. The zero-order valence-electron chi connectivity index (χ0n) is 10.5. The Bertz CT molecular complexity index is 374. The maximum absolute atomic E-state index is 4.34. The van der Waals surface area contributed by atoms with Gasteiger partial charge >= 0.3 is 0 Å². The summed E-state index contributed by atoms with van der Waals surface area (Å²) in [5.74, 6) is 0. The van der Waals surface area contributed by atoms with Crippen molar-refractivity contribution in [2.45, 2.75) is 44.8 Å². The molecule has 3 heterocycles. The molecule has 2 saturated heterocycles.